The normalized spacial score (nSPS) is 12.1. The van der Waals surface area contributed by atoms with Gasteiger partial charge in [-0.1, -0.05) is 43.8 Å². The Morgan fingerprint density at radius 2 is 2.25 bits per heavy atom. The predicted octanol–water partition coefficient (Wildman–Crippen LogP) is 3.05. The van der Waals surface area contributed by atoms with Crippen LogP contribution in [0.15, 0.2) is 35.7 Å². The van der Waals surface area contributed by atoms with Gasteiger partial charge in [0.25, 0.3) is 0 Å². The first-order valence-electron chi connectivity index (χ1n) is 6.57. The number of para-hydroxylation sites is 1. The zero-order valence-corrected chi connectivity index (χ0v) is 12.4. The molecule has 2 rings (SSSR count). The van der Waals surface area contributed by atoms with E-state index in [-0.39, 0.29) is 5.91 Å². The number of aromatic nitrogens is 3. The fourth-order valence-corrected chi connectivity index (χ4v) is 2.42. The smallest absolute Gasteiger partial charge is 0.234 e. The lowest BCUT2D eigenvalue weighted by molar-refractivity contribution is -0.113. The zero-order chi connectivity index (χ0) is 14.4. The second-order valence-electron chi connectivity index (χ2n) is 4.52. The molecule has 0 spiro atoms. The van der Waals surface area contributed by atoms with Gasteiger partial charge in [-0.2, -0.15) is 5.10 Å². The van der Waals surface area contributed by atoms with E-state index in [9.17, 15) is 4.79 Å². The molecule has 0 bridgehead atoms. The van der Waals surface area contributed by atoms with Crippen molar-refractivity contribution in [1.29, 1.82) is 0 Å². The Labute approximate surface area is 122 Å². The Hall–Kier alpha value is -1.82. The molecule has 2 aromatic rings. The van der Waals surface area contributed by atoms with Gasteiger partial charge in [0, 0.05) is 5.69 Å². The SMILES string of the molecule is CC[C@@H](C)c1ccccc1NC(=O)CSc1ncn[nH]1. The fourth-order valence-electron chi connectivity index (χ4n) is 1.84. The number of anilines is 1. The van der Waals surface area contributed by atoms with Crippen molar-refractivity contribution in [3.8, 4) is 0 Å². The first-order chi connectivity index (χ1) is 9.70. The molecule has 20 heavy (non-hydrogen) atoms. The third kappa shape index (κ3) is 3.84. The van der Waals surface area contributed by atoms with Crippen LogP contribution in [-0.4, -0.2) is 26.8 Å². The number of aromatic amines is 1. The summed E-state index contributed by atoms with van der Waals surface area (Å²) < 4.78 is 0. The quantitative estimate of drug-likeness (QED) is 0.802. The number of H-pyrrole nitrogens is 1. The second kappa shape index (κ2) is 7.09. The van der Waals surface area contributed by atoms with E-state index < -0.39 is 0 Å². The first kappa shape index (κ1) is 14.6. The van der Waals surface area contributed by atoms with Crippen molar-refractivity contribution in [3.63, 3.8) is 0 Å². The highest BCUT2D eigenvalue weighted by molar-refractivity contribution is 7.99. The Morgan fingerprint density at radius 3 is 2.95 bits per heavy atom. The molecule has 0 aliphatic carbocycles. The van der Waals surface area contributed by atoms with Gasteiger partial charge in [-0.25, -0.2) is 4.98 Å². The van der Waals surface area contributed by atoms with Crippen LogP contribution in [0.4, 0.5) is 5.69 Å². The lowest BCUT2D eigenvalue weighted by Crippen LogP contribution is -2.16. The third-order valence-corrected chi connectivity index (χ3v) is 3.99. The number of rotatable bonds is 6. The van der Waals surface area contributed by atoms with Crippen molar-refractivity contribution < 1.29 is 4.79 Å². The maximum atomic E-state index is 12.0. The van der Waals surface area contributed by atoms with E-state index in [4.69, 9.17) is 0 Å². The number of nitrogens with zero attached hydrogens (tertiary/aromatic N) is 2. The van der Waals surface area contributed by atoms with Crippen molar-refractivity contribution in [2.45, 2.75) is 31.3 Å². The molecule has 6 heteroatoms. The van der Waals surface area contributed by atoms with Crippen LogP contribution in [0.2, 0.25) is 0 Å². The molecule has 1 aromatic carbocycles. The number of thioether (sulfide) groups is 1. The van der Waals surface area contributed by atoms with Crippen LogP contribution in [0.1, 0.15) is 31.7 Å². The number of amides is 1. The van der Waals surface area contributed by atoms with Gasteiger partial charge in [-0.05, 0) is 24.0 Å². The van der Waals surface area contributed by atoms with E-state index in [0.717, 1.165) is 12.1 Å². The summed E-state index contributed by atoms with van der Waals surface area (Å²) in [4.78, 5) is 15.9. The van der Waals surface area contributed by atoms with E-state index in [0.29, 0.717) is 16.8 Å². The molecule has 0 unspecified atom stereocenters. The molecule has 1 atom stereocenters. The molecular weight excluding hydrogens is 272 g/mol. The van der Waals surface area contributed by atoms with Gasteiger partial charge in [0.1, 0.15) is 6.33 Å². The number of hydrogen-bond donors (Lipinski definition) is 2. The molecule has 0 fully saturated rings. The van der Waals surface area contributed by atoms with Crippen LogP contribution < -0.4 is 5.32 Å². The third-order valence-electron chi connectivity index (χ3n) is 3.11. The van der Waals surface area contributed by atoms with E-state index in [2.05, 4.69) is 40.4 Å². The van der Waals surface area contributed by atoms with Gasteiger partial charge in [0.05, 0.1) is 5.75 Å². The highest BCUT2D eigenvalue weighted by Gasteiger charge is 2.11. The summed E-state index contributed by atoms with van der Waals surface area (Å²) in [6.07, 6.45) is 2.47. The number of nitrogens with one attached hydrogen (secondary N) is 2. The maximum absolute atomic E-state index is 12.0. The molecule has 5 nitrogen and oxygen atoms in total. The van der Waals surface area contributed by atoms with Crippen molar-refractivity contribution in [2.75, 3.05) is 11.1 Å². The summed E-state index contributed by atoms with van der Waals surface area (Å²) in [6.45, 7) is 4.30. The zero-order valence-electron chi connectivity index (χ0n) is 11.6. The molecule has 1 aromatic heterocycles. The fraction of sp³-hybridized carbons (Fsp3) is 0.357. The lowest BCUT2D eigenvalue weighted by atomic mass is 9.97. The summed E-state index contributed by atoms with van der Waals surface area (Å²) in [7, 11) is 0. The maximum Gasteiger partial charge on any atom is 0.234 e. The molecule has 0 radical (unpaired) electrons. The van der Waals surface area contributed by atoms with Crippen LogP contribution in [0.5, 0.6) is 0 Å². The number of hydrogen-bond acceptors (Lipinski definition) is 4. The number of carbonyl (C=O) groups is 1. The van der Waals surface area contributed by atoms with E-state index in [1.165, 1.54) is 23.7 Å². The summed E-state index contributed by atoms with van der Waals surface area (Å²) >= 11 is 1.33. The largest absolute Gasteiger partial charge is 0.325 e. The van der Waals surface area contributed by atoms with E-state index in [1.54, 1.807) is 0 Å². The summed E-state index contributed by atoms with van der Waals surface area (Å²) in [5, 5.41) is 10.1. The number of benzene rings is 1. The average Bonchev–Trinajstić information content (AvgIpc) is 2.98. The topological polar surface area (TPSA) is 70.7 Å². The molecule has 1 heterocycles. The van der Waals surface area contributed by atoms with Gasteiger partial charge in [0.15, 0.2) is 5.16 Å². The Morgan fingerprint density at radius 1 is 1.45 bits per heavy atom. The minimum Gasteiger partial charge on any atom is -0.325 e. The van der Waals surface area contributed by atoms with Crippen LogP contribution in [0.25, 0.3) is 0 Å². The minimum atomic E-state index is -0.0397. The van der Waals surface area contributed by atoms with Gasteiger partial charge < -0.3 is 5.32 Å². The standard InChI is InChI=1S/C14H18N4OS/c1-3-10(2)11-6-4-5-7-12(11)17-13(19)8-20-14-15-9-16-18-14/h4-7,9-10H,3,8H2,1-2H3,(H,17,19)(H,15,16,18)/t10-/m1/s1. The predicted molar refractivity (Wildman–Crippen MR) is 80.9 cm³/mol. The average molecular weight is 290 g/mol. The van der Waals surface area contributed by atoms with Crippen molar-refractivity contribution in [1.82, 2.24) is 15.2 Å². The molecule has 0 saturated heterocycles. The summed E-state index contributed by atoms with van der Waals surface area (Å²) in [6, 6.07) is 7.94. The van der Waals surface area contributed by atoms with Crippen LogP contribution >= 0.6 is 11.8 Å². The van der Waals surface area contributed by atoms with Crippen molar-refractivity contribution in [3.05, 3.63) is 36.2 Å². The number of carbonyl (C=O) groups excluding carboxylic acids is 1. The van der Waals surface area contributed by atoms with Crippen LogP contribution in [-0.2, 0) is 4.79 Å². The summed E-state index contributed by atoms with van der Waals surface area (Å²) in [5.41, 5.74) is 2.07. The van der Waals surface area contributed by atoms with Gasteiger partial charge >= 0.3 is 0 Å². The summed E-state index contributed by atoms with van der Waals surface area (Å²) in [5.74, 6) is 0.694. The van der Waals surface area contributed by atoms with Crippen LogP contribution in [0, 0.1) is 0 Å². The van der Waals surface area contributed by atoms with Gasteiger partial charge in [-0.3, -0.25) is 9.89 Å². The Kier molecular flexibility index (Phi) is 5.17. The van der Waals surface area contributed by atoms with Crippen molar-refractivity contribution in [2.24, 2.45) is 0 Å². The Bertz CT molecular complexity index is 556. The van der Waals surface area contributed by atoms with Crippen LogP contribution in [0.3, 0.4) is 0 Å². The second-order valence-corrected chi connectivity index (χ2v) is 5.49. The van der Waals surface area contributed by atoms with E-state index in [1.807, 2.05) is 18.2 Å². The minimum absolute atomic E-state index is 0.0397. The molecule has 106 valence electrons. The molecular formula is C14H18N4OS. The molecule has 0 saturated carbocycles. The molecule has 2 N–H and O–H groups in total. The lowest BCUT2D eigenvalue weighted by Gasteiger charge is -2.15. The van der Waals surface area contributed by atoms with Crippen molar-refractivity contribution >= 4 is 23.4 Å². The molecule has 1 amide bonds. The molecule has 0 aliphatic rings. The van der Waals surface area contributed by atoms with E-state index >= 15 is 0 Å². The highest BCUT2D eigenvalue weighted by Crippen LogP contribution is 2.26. The first-order valence-corrected chi connectivity index (χ1v) is 7.56. The monoisotopic (exact) mass is 290 g/mol. The van der Waals surface area contributed by atoms with Gasteiger partial charge in [-0.15, -0.1) is 0 Å². The Balaban J connectivity index is 1.97. The van der Waals surface area contributed by atoms with Gasteiger partial charge in [0.2, 0.25) is 5.91 Å². The highest BCUT2D eigenvalue weighted by atomic mass is 32.2. The molecule has 0 aliphatic heterocycles.